The fourth-order valence-corrected chi connectivity index (χ4v) is 2.17. The lowest BCUT2D eigenvalue weighted by atomic mass is 10.2. The molecule has 1 atom stereocenters. The van der Waals surface area contributed by atoms with E-state index < -0.39 is 6.09 Å². The quantitative estimate of drug-likeness (QED) is 0.903. The number of hydrogen-bond donors (Lipinski definition) is 1. The van der Waals surface area contributed by atoms with Gasteiger partial charge in [-0.05, 0) is 25.0 Å². The highest BCUT2D eigenvalue weighted by atomic mass is 16.6. The van der Waals surface area contributed by atoms with Gasteiger partial charge >= 0.3 is 6.09 Å². The molecule has 1 aromatic rings. The molecule has 108 valence electrons. The third-order valence-corrected chi connectivity index (χ3v) is 3.10. The van der Waals surface area contributed by atoms with Crippen LogP contribution in [0.1, 0.15) is 27.2 Å². The minimum Gasteiger partial charge on any atom is -0.449 e. The molecular formula is C15H20N2O3. The number of ether oxygens (including phenoxy) is 1. The largest absolute Gasteiger partial charge is 0.449 e. The highest BCUT2D eigenvalue weighted by Crippen LogP contribution is 2.31. The first-order valence-electron chi connectivity index (χ1n) is 6.84. The van der Waals surface area contributed by atoms with E-state index in [0.29, 0.717) is 18.0 Å². The fourth-order valence-electron chi connectivity index (χ4n) is 2.17. The number of nitrogens with zero attached hydrogens (tertiary/aromatic N) is 1. The lowest BCUT2D eigenvalue weighted by molar-refractivity contribution is -0.116. The van der Waals surface area contributed by atoms with Gasteiger partial charge in [-0.15, -0.1) is 0 Å². The van der Waals surface area contributed by atoms with E-state index in [1.54, 1.807) is 11.0 Å². The van der Waals surface area contributed by atoms with Gasteiger partial charge in [-0.3, -0.25) is 9.69 Å². The van der Waals surface area contributed by atoms with Gasteiger partial charge < -0.3 is 10.1 Å². The van der Waals surface area contributed by atoms with Crippen molar-refractivity contribution in [2.75, 3.05) is 16.8 Å². The van der Waals surface area contributed by atoms with Crippen LogP contribution in [0.15, 0.2) is 24.3 Å². The van der Waals surface area contributed by atoms with Gasteiger partial charge in [-0.25, -0.2) is 4.79 Å². The number of benzene rings is 1. The average Bonchev–Trinajstić information content (AvgIpc) is 2.50. The van der Waals surface area contributed by atoms with E-state index in [1.165, 1.54) is 0 Å². The number of nitrogens with one attached hydrogen (secondary N) is 1. The van der Waals surface area contributed by atoms with Crippen LogP contribution in [0, 0.1) is 5.92 Å². The summed E-state index contributed by atoms with van der Waals surface area (Å²) in [4.78, 5) is 25.7. The Bertz CT molecular complexity index is 514. The molecule has 0 spiro atoms. The fraction of sp³-hybridized carbons (Fsp3) is 0.467. The summed E-state index contributed by atoms with van der Waals surface area (Å²) in [5.41, 5.74) is 1.32. The predicted octanol–water partition coefficient (Wildman–Crippen LogP) is 3.02. The number of anilines is 2. The second-order valence-corrected chi connectivity index (χ2v) is 5.46. The molecule has 0 unspecified atom stereocenters. The molecule has 2 rings (SSSR count). The topological polar surface area (TPSA) is 58.6 Å². The van der Waals surface area contributed by atoms with E-state index in [2.05, 4.69) is 5.32 Å². The lowest BCUT2D eigenvalue weighted by Gasteiger charge is -2.27. The summed E-state index contributed by atoms with van der Waals surface area (Å²) in [6, 6.07) is 7.03. The lowest BCUT2D eigenvalue weighted by Crippen LogP contribution is -2.39. The zero-order chi connectivity index (χ0) is 14.7. The third kappa shape index (κ3) is 3.10. The minimum atomic E-state index is -0.407. The Balaban J connectivity index is 2.30. The molecule has 5 nitrogen and oxygen atoms in total. The summed E-state index contributed by atoms with van der Waals surface area (Å²) in [5.74, 6) is 0.181. The minimum absolute atomic E-state index is 0.0934. The molecule has 1 aliphatic rings. The maximum Gasteiger partial charge on any atom is 0.414 e. The number of para-hydroxylation sites is 2. The molecule has 0 bridgehead atoms. The number of amides is 2. The Hall–Kier alpha value is -2.04. The standard InChI is InChI=1S/C15H20N2O3/c1-10(2)9-20-15(19)17-11(3)8-14(18)16-12-6-4-5-7-13(12)17/h4-7,10-11H,8-9H2,1-3H3,(H,16,18)/t11-/m1/s1. The van der Waals surface area contributed by atoms with Crippen LogP contribution >= 0.6 is 0 Å². The molecule has 2 amide bonds. The Morgan fingerprint density at radius 2 is 2.15 bits per heavy atom. The van der Waals surface area contributed by atoms with Crippen LogP contribution in [-0.4, -0.2) is 24.6 Å². The molecule has 0 aliphatic carbocycles. The summed E-state index contributed by atoms with van der Waals surface area (Å²) in [6.07, 6.45) is -0.152. The van der Waals surface area contributed by atoms with Crippen molar-refractivity contribution in [1.82, 2.24) is 0 Å². The SMILES string of the molecule is CC(C)COC(=O)N1c2ccccc2NC(=O)C[C@H]1C. The van der Waals surface area contributed by atoms with E-state index in [4.69, 9.17) is 4.74 Å². The van der Waals surface area contributed by atoms with Crippen molar-refractivity contribution >= 4 is 23.4 Å². The molecule has 0 saturated heterocycles. The third-order valence-electron chi connectivity index (χ3n) is 3.10. The highest BCUT2D eigenvalue weighted by Gasteiger charge is 2.30. The first kappa shape index (κ1) is 14.4. The van der Waals surface area contributed by atoms with Crippen molar-refractivity contribution in [3.05, 3.63) is 24.3 Å². The Kier molecular flexibility index (Phi) is 4.27. The molecule has 0 saturated carbocycles. The summed E-state index contributed by atoms with van der Waals surface area (Å²) >= 11 is 0. The monoisotopic (exact) mass is 276 g/mol. The van der Waals surface area contributed by atoms with Crippen molar-refractivity contribution in [2.45, 2.75) is 33.2 Å². The second kappa shape index (κ2) is 5.94. The van der Waals surface area contributed by atoms with Gasteiger partial charge in [0.05, 0.1) is 18.0 Å². The van der Waals surface area contributed by atoms with Crippen LogP contribution < -0.4 is 10.2 Å². The molecule has 0 aromatic heterocycles. The molecule has 5 heteroatoms. The van der Waals surface area contributed by atoms with Crippen LogP contribution in [0.2, 0.25) is 0 Å². The first-order chi connectivity index (χ1) is 9.49. The second-order valence-electron chi connectivity index (χ2n) is 5.46. The van der Waals surface area contributed by atoms with Crippen molar-refractivity contribution in [3.8, 4) is 0 Å². The van der Waals surface area contributed by atoms with Crippen LogP contribution in [0.5, 0.6) is 0 Å². The number of rotatable bonds is 2. The van der Waals surface area contributed by atoms with Gasteiger partial charge in [-0.1, -0.05) is 26.0 Å². The van der Waals surface area contributed by atoms with Gasteiger partial charge in [0.1, 0.15) is 0 Å². The Morgan fingerprint density at radius 3 is 2.85 bits per heavy atom. The van der Waals surface area contributed by atoms with Gasteiger partial charge in [0.25, 0.3) is 0 Å². The highest BCUT2D eigenvalue weighted by molar-refractivity contribution is 6.02. The molecule has 0 radical (unpaired) electrons. The molecule has 1 heterocycles. The smallest absolute Gasteiger partial charge is 0.414 e. The van der Waals surface area contributed by atoms with E-state index >= 15 is 0 Å². The van der Waals surface area contributed by atoms with Gasteiger partial charge in [0.2, 0.25) is 5.91 Å². The summed E-state index contributed by atoms with van der Waals surface area (Å²) in [5, 5.41) is 2.81. The first-order valence-corrected chi connectivity index (χ1v) is 6.84. The van der Waals surface area contributed by atoms with Gasteiger partial charge in [0, 0.05) is 12.5 Å². The Morgan fingerprint density at radius 1 is 1.45 bits per heavy atom. The molecule has 1 N–H and O–H groups in total. The summed E-state index contributed by atoms with van der Waals surface area (Å²) < 4.78 is 5.31. The van der Waals surface area contributed by atoms with Crippen LogP contribution in [0.3, 0.4) is 0 Å². The molecular weight excluding hydrogens is 256 g/mol. The van der Waals surface area contributed by atoms with E-state index in [-0.39, 0.29) is 24.3 Å². The summed E-state index contributed by atoms with van der Waals surface area (Å²) in [6.45, 7) is 6.18. The zero-order valence-corrected chi connectivity index (χ0v) is 12.1. The van der Waals surface area contributed by atoms with E-state index in [0.717, 1.165) is 0 Å². The zero-order valence-electron chi connectivity index (χ0n) is 12.1. The van der Waals surface area contributed by atoms with E-state index in [1.807, 2.05) is 39.0 Å². The predicted molar refractivity (Wildman–Crippen MR) is 77.8 cm³/mol. The summed E-state index contributed by atoms with van der Waals surface area (Å²) in [7, 11) is 0. The molecule has 1 aromatic carbocycles. The number of hydrogen-bond acceptors (Lipinski definition) is 3. The molecule has 1 aliphatic heterocycles. The number of carbonyl (C=O) groups is 2. The average molecular weight is 276 g/mol. The van der Waals surface area contributed by atoms with Gasteiger partial charge in [0.15, 0.2) is 0 Å². The van der Waals surface area contributed by atoms with Gasteiger partial charge in [-0.2, -0.15) is 0 Å². The maximum atomic E-state index is 12.3. The normalized spacial score (nSPS) is 18.3. The van der Waals surface area contributed by atoms with E-state index in [9.17, 15) is 9.59 Å². The van der Waals surface area contributed by atoms with Crippen LogP contribution in [-0.2, 0) is 9.53 Å². The van der Waals surface area contributed by atoms with Crippen molar-refractivity contribution in [2.24, 2.45) is 5.92 Å². The van der Waals surface area contributed by atoms with Crippen molar-refractivity contribution in [3.63, 3.8) is 0 Å². The molecule has 0 fully saturated rings. The Labute approximate surface area is 118 Å². The maximum absolute atomic E-state index is 12.3. The molecule has 20 heavy (non-hydrogen) atoms. The number of carbonyl (C=O) groups excluding carboxylic acids is 2. The van der Waals surface area contributed by atoms with Crippen molar-refractivity contribution in [1.29, 1.82) is 0 Å². The van der Waals surface area contributed by atoms with Crippen LogP contribution in [0.4, 0.5) is 16.2 Å². The van der Waals surface area contributed by atoms with Crippen LogP contribution in [0.25, 0.3) is 0 Å². The van der Waals surface area contributed by atoms with Crippen molar-refractivity contribution < 1.29 is 14.3 Å². The number of fused-ring (bicyclic) bond motifs is 1.